The van der Waals surface area contributed by atoms with Crippen molar-refractivity contribution in [3.63, 3.8) is 0 Å². The second-order valence-corrected chi connectivity index (χ2v) is 4.26. The summed E-state index contributed by atoms with van der Waals surface area (Å²) < 4.78 is 13.0. The molecule has 0 aromatic heterocycles. The Morgan fingerprint density at radius 2 is 2.21 bits per heavy atom. The Morgan fingerprint density at radius 1 is 1.50 bits per heavy atom. The summed E-state index contributed by atoms with van der Waals surface area (Å²) in [6.07, 6.45) is 2.91. The van der Waals surface area contributed by atoms with Gasteiger partial charge < -0.3 is 5.73 Å². The predicted molar refractivity (Wildman–Crippen MR) is 60.9 cm³/mol. The van der Waals surface area contributed by atoms with Crippen molar-refractivity contribution in [3.8, 4) is 0 Å². The third-order valence-electron chi connectivity index (χ3n) is 2.29. The Hall–Kier alpha value is -0.540. The SMILES string of the molecule is CCC(N)C(SC)c1cccc(F)c1. The van der Waals surface area contributed by atoms with E-state index in [1.807, 2.05) is 19.2 Å². The lowest BCUT2D eigenvalue weighted by Crippen LogP contribution is -2.25. The fourth-order valence-corrected chi connectivity index (χ4v) is 2.42. The number of nitrogens with two attached hydrogens (primary N) is 1. The molecule has 0 saturated heterocycles. The predicted octanol–water partition coefficient (Wildman–Crippen LogP) is 2.97. The molecule has 0 spiro atoms. The first-order valence-electron chi connectivity index (χ1n) is 4.72. The van der Waals surface area contributed by atoms with Crippen LogP contribution in [0.5, 0.6) is 0 Å². The first-order chi connectivity index (χ1) is 6.69. The first-order valence-corrected chi connectivity index (χ1v) is 6.01. The molecule has 0 aliphatic rings. The van der Waals surface area contributed by atoms with E-state index in [0.29, 0.717) is 0 Å². The summed E-state index contributed by atoms with van der Waals surface area (Å²) >= 11 is 1.67. The zero-order valence-electron chi connectivity index (χ0n) is 8.53. The van der Waals surface area contributed by atoms with Gasteiger partial charge in [-0.15, -0.1) is 0 Å². The molecule has 0 bridgehead atoms. The molecule has 2 unspecified atom stereocenters. The molecule has 0 heterocycles. The van der Waals surface area contributed by atoms with Gasteiger partial charge in [0.1, 0.15) is 5.82 Å². The van der Waals surface area contributed by atoms with Gasteiger partial charge in [-0.05, 0) is 30.4 Å². The quantitative estimate of drug-likeness (QED) is 0.832. The summed E-state index contributed by atoms with van der Waals surface area (Å²) in [5, 5.41) is 0.190. The molecule has 0 aliphatic heterocycles. The molecule has 1 nitrogen and oxygen atoms in total. The van der Waals surface area contributed by atoms with E-state index in [0.717, 1.165) is 12.0 Å². The number of rotatable bonds is 4. The number of benzene rings is 1. The van der Waals surface area contributed by atoms with E-state index in [2.05, 4.69) is 0 Å². The summed E-state index contributed by atoms with van der Waals surface area (Å²) in [4.78, 5) is 0. The molecule has 2 atom stereocenters. The van der Waals surface area contributed by atoms with E-state index >= 15 is 0 Å². The number of hydrogen-bond acceptors (Lipinski definition) is 2. The summed E-state index contributed by atoms with van der Waals surface area (Å²) in [7, 11) is 0. The zero-order valence-corrected chi connectivity index (χ0v) is 9.35. The van der Waals surface area contributed by atoms with Gasteiger partial charge in [0.05, 0.1) is 0 Å². The maximum Gasteiger partial charge on any atom is 0.123 e. The van der Waals surface area contributed by atoms with Gasteiger partial charge in [0.25, 0.3) is 0 Å². The van der Waals surface area contributed by atoms with Gasteiger partial charge in [-0.2, -0.15) is 11.8 Å². The second kappa shape index (κ2) is 5.37. The van der Waals surface area contributed by atoms with Crippen LogP contribution in [0.4, 0.5) is 4.39 Å². The normalized spacial score (nSPS) is 15.1. The summed E-state index contributed by atoms with van der Waals surface area (Å²) in [6, 6.07) is 6.78. The van der Waals surface area contributed by atoms with Crippen LogP contribution in [0, 0.1) is 5.82 Å². The minimum Gasteiger partial charge on any atom is -0.326 e. The van der Waals surface area contributed by atoms with Crippen molar-refractivity contribution >= 4 is 11.8 Å². The van der Waals surface area contributed by atoms with Gasteiger partial charge in [-0.3, -0.25) is 0 Å². The van der Waals surface area contributed by atoms with E-state index in [1.165, 1.54) is 6.07 Å². The lowest BCUT2D eigenvalue weighted by molar-refractivity contribution is 0.610. The summed E-state index contributed by atoms with van der Waals surface area (Å²) in [5.41, 5.74) is 6.95. The third-order valence-corrected chi connectivity index (χ3v) is 3.42. The summed E-state index contributed by atoms with van der Waals surface area (Å²) in [5.74, 6) is -0.190. The van der Waals surface area contributed by atoms with Gasteiger partial charge in [0.15, 0.2) is 0 Å². The van der Waals surface area contributed by atoms with Gasteiger partial charge in [-0.25, -0.2) is 4.39 Å². The minimum atomic E-state index is -0.190. The van der Waals surface area contributed by atoms with E-state index in [-0.39, 0.29) is 17.1 Å². The van der Waals surface area contributed by atoms with Crippen molar-refractivity contribution in [3.05, 3.63) is 35.6 Å². The fraction of sp³-hybridized carbons (Fsp3) is 0.455. The van der Waals surface area contributed by atoms with Crippen molar-refractivity contribution in [2.45, 2.75) is 24.6 Å². The molecule has 1 rings (SSSR count). The Balaban J connectivity index is 2.89. The highest BCUT2D eigenvalue weighted by atomic mass is 32.2. The van der Waals surface area contributed by atoms with Crippen LogP contribution in [0.2, 0.25) is 0 Å². The molecule has 0 aliphatic carbocycles. The van der Waals surface area contributed by atoms with Crippen LogP contribution in [0.1, 0.15) is 24.2 Å². The standard InChI is InChI=1S/C11H16FNS/c1-3-10(13)11(14-2)8-5-4-6-9(12)7-8/h4-7,10-11H,3,13H2,1-2H3. The average Bonchev–Trinajstić information content (AvgIpc) is 2.19. The van der Waals surface area contributed by atoms with Crippen molar-refractivity contribution in [1.29, 1.82) is 0 Å². The molecule has 78 valence electrons. The lowest BCUT2D eigenvalue weighted by Gasteiger charge is -2.21. The largest absolute Gasteiger partial charge is 0.326 e. The first kappa shape index (κ1) is 11.5. The van der Waals surface area contributed by atoms with Crippen LogP contribution in [0.25, 0.3) is 0 Å². The molecular formula is C11H16FNS. The van der Waals surface area contributed by atoms with Crippen LogP contribution in [-0.4, -0.2) is 12.3 Å². The van der Waals surface area contributed by atoms with E-state index in [9.17, 15) is 4.39 Å². The smallest absolute Gasteiger partial charge is 0.123 e. The van der Waals surface area contributed by atoms with Crippen LogP contribution in [-0.2, 0) is 0 Å². The van der Waals surface area contributed by atoms with Crippen LogP contribution >= 0.6 is 11.8 Å². The van der Waals surface area contributed by atoms with Gasteiger partial charge >= 0.3 is 0 Å². The molecule has 3 heteroatoms. The molecule has 0 amide bonds. The monoisotopic (exact) mass is 213 g/mol. The molecule has 1 aromatic rings. The molecule has 1 aromatic carbocycles. The molecule has 0 radical (unpaired) electrons. The van der Waals surface area contributed by atoms with Gasteiger partial charge in [0, 0.05) is 11.3 Å². The fourth-order valence-electron chi connectivity index (χ4n) is 1.46. The van der Waals surface area contributed by atoms with Gasteiger partial charge in [0.2, 0.25) is 0 Å². The Bertz CT molecular complexity index is 290. The Kier molecular flexibility index (Phi) is 4.42. The molecular weight excluding hydrogens is 197 g/mol. The Labute approximate surface area is 88.9 Å². The highest BCUT2D eigenvalue weighted by Gasteiger charge is 2.17. The number of halogens is 1. The van der Waals surface area contributed by atoms with Crippen molar-refractivity contribution in [2.24, 2.45) is 5.73 Å². The maximum atomic E-state index is 13.0. The highest BCUT2D eigenvalue weighted by Crippen LogP contribution is 2.30. The van der Waals surface area contributed by atoms with E-state index in [4.69, 9.17) is 5.73 Å². The number of hydrogen-bond donors (Lipinski definition) is 1. The van der Waals surface area contributed by atoms with Crippen molar-refractivity contribution in [2.75, 3.05) is 6.26 Å². The molecule has 0 saturated carbocycles. The van der Waals surface area contributed by atoms with E-state index < -0.39 is 0 Å². The minimum absolute atomic E-state index is 0.0896. The van der Waals surface area contributed by atoms with E-state index in [1.54, 1.807) is 23.9 Å². The molecule has 14 heavy (non-hydrogen) atoms. The van der Waals surface area contributed by atoms with Crippen LogP contribution in [0.3, 0.4) is 0 Å². The molecule has 0 fully saturated rings. The van der Waals surface area contributed by atoms with Crippen LogP contribution < -0.4 is 5.73 Å². The van der Waals surface area contributed by atoms with Gasteiger partial charge in [-0.1, -0.05) is 19.1 Å². The van der Waals surface area contributed by atoms with Crippen molar-refractivity contribution < 1.29 is 4.39 Å². The average molecular weight is 213 g/mol. The van der Waals surface area contributed by atoms with Crippen molar-refractivity contribution in [1.82, 2.24) is 0 Å². The molecule has 2 N–H and O–H groups in total. The third kappa shape index (κ3) is 2.72. The zero-order chi connectivity index (χ0) is 10.6. The summed E-state index contributed by atoms with van der Waals surface area (Å²) in [6.45, 7) is 2.05. The highest BCUT2D eigenvalue weighted by molar-refractivity contribution is 7.98. The lowest BCUT2D eigenvalue weighted by atomic mass is 10.0. The maximum absolute atomic E-state index is 13.0. The van der Waals surface area contributed by atoms with Crippen LogP contribution in [0.15, 0.2) is 24.3 Å². The number of thioether (sulfide) groups is 1. The topological polar surface area (TPSA) is 26.0 Å². The second-order valence-electron chi connectivity index (χ2n) is 3.28. The Morgan fingerprint density at radius 3 is 2.71 bits per heavy atom.